The predicted molar refractivity (Wildman–Crippen MR) is 161 cm³/mol. The van der Waals surface area contributed by atoms with Gasteiger partial charge in [0.2, 0.25) is 0 Å². The first-order valence-electron chi connectivity index (χ1n) is 13.3. The molecule has 44 heavy (non-hydrogen) atoms. The summed E-state index contributed by atoms with van der Waals surface area (Å²) in [5.74, 6) is 6.66. The minimum atomic E-state index is -1.11. The molecule has 0 atom stereocenters. The van der Waals surface area contributed by atoms with Crippen LogP contribution in [0.25, 0.3) is 0 Å². The Labute approximate surface area is 256 Å². The summed E-state index contributed by atoms with van der Waals surface area (Å²) in [6.07, 6.45) is 15.6. The van der Waals surface area contributed by atoms with E-state index >= 15 is 0 Å². The highest BCUT2D eigenvalue weighted by Crippen LogP contribution is 2.23. The highest BCUT2D eigenvalue weighted by molar-refractivity contribution is 5.90. The maximum Gasteiger partial charge on any atom is 0.338 e. The smallest absolute Gasteiger partial charge is 0.338 e. The van der Waals surface area contributed by atoms with Crippen LogP contribution in [0, 0.1) is 42.4 Å². The molecule has 0 heterocycles. The zero-order valence-electron chi connectivity index (χ0n) is 24.1. The van der Waals surface area contributed by atoms with E-state index in [1.165, 1.54) is 36.4 Å². The quantitative estimate of drug-likeness (QED) is 0.142. The first kappa shape index (κ1) is 32.7. The largest absolute Gasteiger partial charge is 0.481 e. The van der Waals surface area contributed by atoms with Gasteiger partial charge >= 0.3 is 17.9 Å². The lowest BCUT2D eigenvalue weighted by atomic mass is 9.94. The maximum atomic E-state index is 12.8. The second kappa shape index (κ2) is 16.6. The van der Waals surface area contributed by atoms with E-state index in [1.54, 1.807) is 43.3 Å². The molecule has 0 bridgehead atoms. The summed E-state index contributed by atoms with van der Waals surface area (Å²) >= 11 is 0. The average molecular weight is 595 g/mol. The van der Waals surface area contributed by atoms with Crippen LogP contribution >= 0.6 is 0 Å². The van der Waals surface area contributed by atoms with Crippen molar-refractivity contribution in [3.8, 4) is 54.3 Å². The summed E-state index contributed by atoms with van der Waals surface area (Å²) in [5.41, 5.74) is -0.334. The van der Waals surface area contributed by atoms with Crippen LogP contribution in [0.15, 0.2) is 72.8 Å². The van der Waals surface area contributed by atoms with E-state index < -0.39 is 23.3 Å². The van der Waals surface area contributed by atoms with Crippen molar-refractivity contribution in [1.29, 1.82) is 0 Å². The molecular weight excluding hydrogens is 564 g/mol. The molecular formula is C35H30O9. The van der Waals surface area contributed by atoms with Gasteiger partial charge in [-0.2, -0.15) is 0 Å². The van der Waals surface area contributed by atoms with E-state index in [0.717, 1.165) is 0 Å². The van der Waals surface area contributed by atoms with Gasteiger partial charge in [0.1, 0.15) is 56.9 Å². The molecule has 0 aliphatic carbocycles. The molecule has 0 amide bonds. The van der Waals surface area contributed by atoms with Gasteiger partial charge in [-0.1, -0.05) is 17.8 Å². The van der Waals surface area contributed by atoms with Crippen LogP contribution < -0.4 is 14.2 Å². The molecule has 3 rings (SSSR count). The van der Waals surface area contributed by atoms with Crippen LogP contribution in [0.3, 0.4) is 0 Å². The minimum Gasteiger partial charge on any atom is -0.481 e. The van der Waals surface area contributed by atoms with Gasteiger partial charge in [-0.15, -0.1) is 19.3 Å². The van der Waals surface area contributed by atoms with Gasteiger partial charge in [0, 0.05) is 0 Å². The Bertz CT molecular complexity index is 1350. The molecule has 0 spiro atoms. The molecule has 0 saturated heterocycles. The number of hydrogen-bond acceptors (Lipinski definition) is 9. The van der Waals surface area contributed by atoms with E-state index in [0.29, 0.717) is 17.2 Å². The van der Waals surface area contributed by atoms with Gasteiger partial charge in [-0.25, -0.2) is 14.4 Å². The Hall–Kier alpha value is -5.85. The summed E-state index contributed by atoms with van der Waals surface area (Å²) in [6, 6.07) is 18.7. The molecule has 0 aromatic heterocycles. The fraction of sp³-hybridized carbons (Fsp3) is 0.229. The average Bonchev–Trinajstić information content (AvgIpc) is 3.06. The van der Waals surface area contributed by atoms with E-state index in [9.17, 15) is 14.4 Å². The van der Waals surface area contributed by atoms with Crippen LogP contribution in [-0.2, 0) is 14.2 Å². The molecule has 0 saturated carbocycles. The first-order chi connectivity index (χ1) is 21.3. The Kier molecular flexibility index (Phi) is 12.3. The van der Waals surface area contributed by atoms with Crippen molar-refractivity contribution >= 4 is 17.9 Å². The van der Waals surface area contributed by atoms with Crippen molar-refractivity contribution in [2.45, 2.75) is 6.92 Å². The lowest BCUT2D eigenvalue weighted by molar-refractivity contribution is -0.0287. The van der Waals surface area contributed by atoms with Crippen molar-refractivity contribution in [3.63, 3.8) is 0 Å². The number of carbonyl (C=O) groups is 3. The molecule has 9 heteroatoms. The van der Waals surface area contributed by atoms with Crippen LogP contribution in [0.1, 0.15) is 38.0 Å². The Morgan fingerprint density at radius 1 is 0.523 bits per heavy atom. The Balaban J connectivity index is 1.67. The maximum absolute atomic E-state index is 12.8. The number of terminal acetylenes is 3. The summed E-state index contributed by atoms with van der Waals surface area (Å²) in [5, 5.41) is 0. The third-order valence-electron chi connectivity index (χ3n) is 5.89. The number of rotatable bonds is 15. The van der Waals surface area contributed by atoms with Crippen LogP contribution in [-0.4, -0.2) is 57.5 Å². The second-order valence-electron chi connectivity index (χ2n) is 9.59. The van der Waals surface area contributed by atoms with E-state index in [-0.39, 0.29) is 56.3 Å². The summed E-state index contributed by atoms with van der Waals surface area (Å²) in [6.45, 7) is 1.22. The van der Waals surface area contributed by atoms with Crippen molar-refractivity contribution in [2.75, 3.05) is 39.6 Å². The summed E-state index contributed by atoms with van der Waals surface area (Å²) in [7, 11) is 0. The van der Waals surface area contributed by atoms with E-state index in [2.05, 4.69) is 17.8 Å². The highest BCUT2D eigenvalue weighted by atomic mass is 16.6. The van der Waals surface area contributed by atoms with Gasteiger partial charge in [0.25, 0.3) is 0 Å². The molecule has 0 radical (unpaired) electrons. The number of esters is 3. The highest BCUT2D eigenvalue weighted by Gasteiger charge is 2.31. The van der Waals surface area contributed by atoms with Crippen molar-refractivity contribution < 1.29 is 42.8 Å². The predicted octanol–water partition coefficient (Wildman–Crippen LogP) is 4.60. The van der Waals surface area contributed by atoms with Crippen LogP contribution in [0.5, 0.6) is 17.2 Å². The van der Waals surface area contributed by atoms with E-state index in [1.807, 2.05) is 0 Å². The fourth-order valence-corrected chi connectivity index (χ4v) is 3.53. The zero-order valence-corrected chi connectivity index (χ0v) is 24.1. The topological polar surface area (TPSA) is 107 Å². The summed E-state index contributed by atoms with van der Waals surface area (Å²) in [4.78, 5) is 38.4. The third kappa shape index (κ3) is 10.2. The van der Waals surface area contributed by atoms with Crippen LogP contribution in [0.2, 0.25) is 0 Å². The first-order valence-corrected chi connectivity index (χ1v) is 13.3. The monoisotopic (exact) mass is 594 g/mol. The summed E-state index contributed by atoms with van der Waals surface area (Å²) < 4.78 is 32.6. The number of ether oxygens (including phenoxy) is 6. The fourth-order valence-electron chi connectivity index (χ4n) is 3.53. The number of benzene rings is 3. The molecule has 9 nitrogen and oxygen atoms in total. The van der Waals surface area contributed by atoms with Crippen LogP contribution in [0.4, 0.5) is 0 Å². The number of hydrogen-bond donors (Lipinski definition) is 0. The Morgan fingerprint density at radius 2 is 0.773 bits per heavy atom. The van der Waals surface area contributed by atoms with Gasteiger partial charge in [-0.3, -0.25) is 0 Å². The molecule has 3 aromatic carbocycles. The van der Waals surface area contributed by atoms with E-state index in [4.69, 9.17) is 47.7 Å². The van der Waals surface area contributed by atoms with Crippen molar-refractivity contribution in [1.82, 2.24) is 0 Å². The SMILES string of the molecule is C#CCOc1ccc(C(=O)OCC(C)(COC(=O)c2ccc(OCC#C)cc2)COC(=O)c2ccc(OCC#C)cc2)cc1. The van der Waals surface area contributed by atoms with Gasteiger partial charge < -0.3 is 28.4 Å². The molecule has 0 unspecified atom stereocenters. The van der Waals surface area contributed by atoms with Crippen molar-refractivity contribution in [2.24, 2.45) is 5.41 Å². The lowest BCUT2D eigenvalue weighted by Gasteiger charge is -2.28. The lowest BCUT2D eigenvalue weighted by Crippen LogP contribution is -2.37. The molecule has 0 N–H and O–H groups in total. The van der Waals surface area contributed by atoms with Gasteiger partial charge in [-0.05, 0) is 79.7 Å². The van der Waals surface area contributed by atoms with Gasteiger partial charge in [0.15, 0.2) is 0 Å². The molecule has 224 valence electrons. The second-order valence-corrected chi connectivity index (χ2v) is 9.59. The number of carbonyl (C=O) groups excluding carboxylic acids is 3. The Morgan fingerprint density at radius 3 is 1.00 bits per heavy atom. The molecule has 3 aromatic rings. The third-order valence-corrected chi connectivity index (χ3v) is 5.89. The standard InChI is InChI=1S/C35H30O9/c1-5-20-39-29-14-8-26(9-15-29)32(36)42-23-35(4,24-43-33(37)27-10-16-30(17-11-27)40-21-6-2)25-44-34(38)28-12-18-31(19-13-28)41-22-7-3/h1-3,8-19H,20-25H2,4H3. The molecule has 0 fully saturated rings. The molecule has 0 aliphatic heterocycles. The zero-order chi connectivity index (χ0) is 31.8. The molecule has 0 aliphatic rings. The normalized spacial score (nSPS) is 10.2. The minimum absolute atomic E-state index is 0.0902. The van der Waals surface area contributed by atoms with Gasteiger partial charge in [0.05, 0.1) is 22.1 Å². The van der Waals surface area contributed by atoms with Crippen molar-refractivity contribution in [3.05, 3.63) is 89.5 Å².